The average Bonchev–Trinajstić information content (AvgIpc) is 3.62. The number of benzene rings is 8. The molecule has 0 bridgehead atoms. The second kappa shape index (κ2) is 12.9. The molecule has 4 heteroatoms. The van der Waals surface area contributed by atoms with Gasteiger partial charge in [-0.2, -0.15) is 0 Å². The molecule has 0 N–H and O–H groups in total. The summed E-state index contributed by atoms with van der Waals surface area (Å²) < 4.78 is 6.47. The molecule has 53 heavy (non-hydrogen) atoms. The third-order valence-corrected chi connectivity index (χ3v) is 9.96. The van der Waals surface area contributed by atoms with Gasteiger partial charge in [0, 0.05) is 27.5 Å². The van der Waals surface area contributed by atoms with Crippen molar-refractivity contribution in [2.45, 2.75) is 0 Å². The van der Waals surface area contributed by atoms with Gasteiger partial charge < -0.3 is 4.42 Å². The molecule has 0 radical (unpaired) electrons. The fourth-order valence-corrected chi connectivity index (χ4v) is 7.20. The van der Waals surface area contributed by atoms with E-state index in [1.165, 1.54) is 16.5 Å². The lowest BCUT2D eigenvalue weighted by molar-refractivity contribution is 0.669. The van der Waals surface area contributed by atoms with Gasteiger partial charge in [-0.1, -0.05) is 164 Å². The Morgan fingerprint density at radius 3 is 1.49 bits per heavy atom. The van der Waals surface area contributed by atoms with Gasteiger partial charge in [-0.25, -0.2) is 15.0 Å². The second-order valence-corrected chi connectivity index (χ2v) is 13.2. The lowest BCUT2D eigenvalue weighted by Crippen LogP contribution is -2.00. The maximum Gasteiger partial charge on any atom is 0.164 e. The molecular weight excluding hydrogens is 647 g/mol. The Balaban J connectivity index is 1.09. The summed E-state index contributed by atoms with van der Waals surface area (Å²) in [6.07, 6.45) is 0. The van der Waals surface area contributed by atoms with Crippen LogP contribution >= 0.6 is 0 Å². The highest BCUT2D eigenvalue weighted by molar-refractivity contribution is 6.12. The van der Waals surface area contributed by atoms with Crippen LogP contribution in [0.1, 0.15) is 0 Å². The first-order valence-electron chi connectivity index (χ1n) is 17.8. The van der Waals surface area contributed by atoms with Crippen LogP contribution in [-0.2, 0) is 0 Å². The molecule has 0 fully saturated rings. The van der Waals surface area contributed by atoms with Crippen molar-refractivity contribution in [2.24, 2.45) is 0 Å². The lowest BCUT2D eigenvalue weighted by atomic mass is 9.99. The van der Waals surface area contributed by atoms with E-state index in [0.717, 1.165) is 66.3 Å². The summed E-state index contributed by atoms with van der Waals surface area (Å²) in [4.78, 5) is 15.4. The molecule has 10 aromatic rings. The molecule has 0 unspecified atom stereocenters. The molecule has 0 spiro atoms. The molecule has 4 nitrogen and oxygen atoms in total. The van der Waals surface area contributed by atoms with Crippen LogP contribution in [0.3, 0.4) is 0 Å². The van der Waals surface area contributed by atoms with Crippen LogP contribution in [0.25, 0.3) is 100 Å². The molecule has 10 rings (SSSR count). The summed E-state index contributed by atoms with van der Waals surface area (Å²) in [5.74, 6) is 1.83. The predicted molar refractivity (Wildman–Crippen MR) is 217 cm³/mol. The molecule has 248 valence electrons. The zero-order chi connectivity index (χ0) is 35.1. The largest absolute Gasteiger partial charge is 0.456 e. The van der Waals surface area contributed by atoms with Crippen LogP contribution in [0, 0.1) is 0 Å². The van der Waals surface area contributed by atoms with Gasteiger partial charge in [0.1, 0.15) is 11.2 Å². The third-order valence-electron chi connectivity index (χ3n) is 9.96. The Morgan fingerprint density at radius 2 is 0.811 bits per heavy atom. The molecular formula is C49H31N3O. The van der Waals surface area contributed by atoms with Gasteiger partial charge in [-0.15, -0.1) is 0 Å². The van der Waals surface area contributed by atoms with Crippen molar-refractivity contribution < 1.29 is 4.42 Å². The molecule has 0 aliphatic heterocycles. The van der Waals surface area contributed by atoms with Crippen molar-refractivity contribution in [1.82, 2.24) is 15.0 Å². The van der Waals surface area contributed by atoms with Gasteiger partial charge in [0.25, 0.3) is 0 Å². The topological polar surface area (TPSA) is 51.8 Å². The molecule has 2 heterocycles. The standard InChI is InChI=1S/C49H31N3O/c1-3-10-32(11-4-1)35-18-20-36(21-19-35)37-22-25-38(26-23-37)47-50-48(41-27-24-34-14-7-8-15-39(34)30-41)52-49(51-47)43-16-9-17-44-46(43)42-29-28-40(31-45(42)53-44)33-12-5-2-6-13-33/h1-31H. The van der Waals surface area contributed by atoms with Gasteiger partial charge in [-0.3, -0.25) is 0 Å². The number of nitrogens with zero attached hydrogens (tertiary/aromatic N) is 3. The Morgan fingerprint density at radius 1 is 0.302 bits per heavy atom. The van der Waals surface area contributed by atoms with Crippen LogP contribution in [0.15, 0.2) is 192 Å². The maximum atomic E-state index is 6.47. The summed E-state index contributed by atoms with van der Waals surface area (Å²) in [5.41, 5.74) is 11.3. The minimum atomic E-state index is 0.596. The predicted octanol–water partition coefficient (Wildman–Crippen LogP) is 12.9. The van der Waals surface area contributed by atoms with E-state index in [9.17, 15) is 0 Å². The number of furan rings is 1. The zero-order valence-corrected chi connectivity index (χ0v) is 28.6. The van der Waals surface area contributed by atoms with E-state index < -0.39 is 0 Å². The summed E-state index contributed by atoms with van der Waals surface area (Å²) >= 11 is 0. The number of fused-ring (bicyclic) bond motifs is 4. The smallest absolute Gasteiger partial charge is 0.164 e. The van der Waals surface area contributed by atoms with Gasteiger partial charge in [0.05, 0.1) is 0 Å². The van der Waals surface area contributed by atoms with Crippen LogP contribution in [0.5, 0.6) is 0 Å². The van der Waals surface area contributed by atoms with Crippen LogP contribution in [0.2, 0.25) is 0 Å². The molecule has 2 aromatic heterocycles. The van der Waals surface area contributed by atoms with Crippen molar-refractivity contribution in [1.29, 1.82) is 0 Å². The summed E-state index contributed by atoms with van der Waals surface area (Å²) in [7, 11) is 0. The Bertz CT molecular complexity index is 2910. The van der Waals surface area contributed by atoms with E-state index in [0.29, 0.717) is 17.5 Å². The number of hydrogen-bond donors (Lipinski definition) is 0. The van der Waals surface area contributed by atoms with E-state index in [2.05, 4.69) is 164 Å². The minimum absolute atomic E-state index is 0.596. The average molecular weight is 678 g/mol. The molecule has 0 saturated heterocycles. The highest BCUT2D eigenvalue weighted by atomic mass is 16.3. The second-order valence-electron chi connectivity index (χ2n) is 13.2. The maximum absolute atomic E-state index is 6.47. The molecule has 0 atom stereocenters. The van der Waals surface area contributed by atoms with E-state index in [4.69, 9.17) is 19.4 Å². The van der Waals surface area contributed by atoms with Crippen molar-refractivity contribution in [3.05, 3.63) is 188 Å². The number of aromatic nitrogens is 3. The highest BCUT2D eigenvalue weighted by Gasteiger charge is 2.18. The Hall–Kier alpha value is -7.17. The van der Waals surface area contributed by atoms with Crippen molar-refractivity contribution in [2.75, 3.05) is 0 Å². The Labute approximate surface area is 306 Å². The third kappa shape index (κ3) is 5.73. The molecule has 0 aliphatic rings. The summed E-state index contributed by atoms with van der Waals surface area (Å²) in [6, 6.07) is 65.2. The zero-order valence-electron chi connectivity index (χ0n) is 28.6. The van der Waals surface area contributed by atoms with Crippen LogP contribution in [0.4, 0.5) is 0 Å². The lowest BCUT2D eigenvalue weighted by Gasteiger charge is -2.11. The van der Waals surface area contributed by atoms with Gasteiger partial charge in [0.2, 0.25) is 0 Å². The van der Waals surface area contributed by atoms with E-state index in [1.807, 2.05) is 24.3 Å². The fourth-order valence-electron chi connectivity index (χ4n) is 7.20. The summed E-state index contributed by atoms with van der Waals surface area (Å²) in [6.45, 7) is 0. The number of hydrogen-bond acceptors (Lipinski definition) is 4. The van der Waals surface area contributed by atoms with Gasteiger partial charge in [-0.05, 0) is 68.4 Å². The van der Waals surface area contributed by atoms with Gasteiger partial charge in [0.15, 0.2) is 17.5 Å². The first-order chi connectivity index (χ1) is 26.2. The highest BCUT2D eigenvalue weighted by Crippen LogP contribution is 2.38. The summed E-state index contributed by atoms with van der Waals surface area (Å²) in [5, 5.41) is 4.31. The molecule has 0 amide bonds. The van der Waals surface area contributed by atoms with E-state index in [-0.39, 0.29) is 0 Å². The van der Waals surface area contributed by atoms with Crippen LogP contribution in [-0.4, -0.2) is 15.0 Å². The van der Waals surface area contributed by atoms with E-state index >= 15 is 0 Å². The first-order valence-corrected chi connectivity index (χ1v) is 17.8. The van der Waals surface area contributed by atoms with Crippen LogP contribution < -0.4 is 0 Å². The molecule has 0 saturated carbocycles. The monoisotopic (exact) mass is 677 g/mol. The van der Waals surface area contributed by atoms with Crippen molar-refractivity contribution in [3.8, 4) is 67.5 Å². The minimum Gasteiger partial charge on any atom is -0.456 e. The van der Waals surface area contributed by atoms with Crippen molar-refractivity contribution in [3.63, 3.8) is 0 Å². The first kappa shape index (κ1) is 30.6. The fraction of sp³-hybridized carbons (Fsp3) is 0. The Kier molecular flexibility index (Phi) is 7.43. The SMILES string of the molecule is c1ccc(-c2ccc(-c3ccc(-c4nc(-c5ccc6ccccc6c5)nc(-c5cccc6oc7cc(-c8ccccc8)ccc7c56)n4)cc3)cc2)cc1. The van der Waals surface area contributed by atoms with E-state index in [1.54, 1.807) is 0 Å². The van der Waals surface area contributed by atoms with Gasteiger partial charge >= 0.3 is 0 Å². The normalized spacial score (nSPS) is 11.4. The number of rotatable bonds is 6. The molecule has 0 aliphatic carbocycles. The van der Waals surface area contributed by atoms with Crippen molar-refractivity contribution >= 4 is 32.7 Å². The quantitative estimate of drug-likeness (QED) is 0.176. The molecule has 8 aromatic carbocycles.